The molecule has 6 aromatic rings. The number of rotatable bonds is 4. The second-order valence-corrected chi connectivity index (χ2v) is 8.48. The Morgan fingerprint density at radius 3 is 1.58 bits per heavy atom. The highest BCUT2D eigenvalue weighted by atomic mass is 16.1. The van der Waals surface area contributed by atoms with Gasteiger partial charge in [-0.1, -0.05) is 140 Å². The maximum atomic E-state index is 12.5. The molecule has 0 aliphatic carbocycles. The molecule has 0 aromatic heterocycles. The lowest BCUT2D eigenvalue weighted by Gasteiger charge is -2.05. The van der Waals surface area contributed by atoms with Crippen LogP contribution < -0.4 is 0 Å². The summed E-state index contributed by atoms with van der Waals surface area (Å²) in [6.45, 7) is 0. The number of carbonyl (C=O) groups is 2. The molecule has 36 heavy (non-hydrogen) atoms. The summed E-state index contributed by atoms with van der Waals surface area (Å²) in [6, 6.07) is 46.5. The van der Waals surface area contributed by atoms with Gasteiger partial charge in [0.15, 0.2) is 11.6 Å². The number of benzene rings is 6. The molecule has 0 N–H and O–H groups in total. The van der Waals surface area contributed by atoms with Gasteiger partial charge in [0.05, 0.1) is 0 Å². The fourth-order valence-electron chi connectivity index (χ4n) is 4.26. The molecule has 0 spiro atoms. The fourth-order valence-corrected chi connectivity index (χ4v) is 4.26. The zero-order valence-electron chi connectivity index (χ0n) is 19.7. The van der Waals surface area contributed by atoms with E-state index in [1.807, 2.05) is 146 Å². The molecule has 0 amide bonds. The molecule has 0 aliphatic heterocycles. The Hall–Kier alpha value is -4.82. The smallest absolute Gasteiger partial charge is 0.193 e. The van der Waals surface area contributed by atoms with Gasteiger partial charge in [-0.15, -0.1) is 0 Å². The zero-order valence-corrected chi connectivity index (χ0v) is 19.7. The van der Waals surface area contributed by atoms with E-state index in [0.29, 0.717) is 0 Å². The molecule has 6 rings (SSSR count). The van der Waals surface area contributed by atoms with E-state index >= 15 is 0 Å². The Morgan fingerprint density at radius 2 is 0.889 bits per heavy atom. The van der Waals surface area contributed by atoms with E-state index in [2.05, 4.69) is 0 Å². The van der Waals surface area contributed by atoms with Crippen molar-refractivity contribution in [2.45, 2.75) is 0 Å². The Balaban J connectivity index is 0.000000148. The van der Waals surface area contributed by atoms with Crippen LogP contribution in [0.5, 0.6) is 0 Å². The van der Waals surface area contributed by atoms with Gasteiger partial charge < -0.3 is 0 Å². The van der Waals surface area contributed by atoms with Crippen molar-refractivity contribution in [3.8, 4) is 0 Å². The van der Waals surface area contributed by atoms with Crippen molar-refractivity contribution in [2.75, 3.05) is 0 Å². The van der Waals surface area contributed by atoms with Gasteiger partial charge >= 0.3 is 0 Å². The predicted octanol–water partition coefficient (Wildman–Crippen LogP) is 8.14. The molecule has 0 unspecified atom stereocenters. The van der Waals surface area contributed by atoms with Crippen molar-refractivity contribution >= 4 is 33.1 Å². The summed E-state index contributed by atoms with van der Waals surface area (Å²) in [7, 11) is 0. The van der Waals surface area contributed by atoms with Crippen LogP contribution in [-0.2, 0) is 0 Å². The maximum absolute atomic E-state index is 12.5. The minimum atomic E-state index is 0.0707. The first-order valence-electron chi connectivity index (χ1n) is 11.9. The molecular weight excluding hydrogens is 440 g/mol. The lowest BCUT2D eigenvalue weighted by molar-refractivity contribution is 0.103. The summed E-state index contributed by atoms with van der Waals surface area (Å²) in [6.07, 6.45) is 0. The van der Waals surface area contributed by atoms with Crippen molar-refractivity contribution in [3.05, 3.63) is 168 Å². The van der Waals surface area contributed by atoms with Crippen molar-refractivity contribution in [1.29, 1.82) is 0 Å². The first-order valence-corrected chi connectivity index (χ1v) is 11.9. The van der Waals surface area contributed by atoms with E-state index in [1.165, 1.54) is 0 Å². The van der Waals surface area contributed by atoms with Crippen LogP contribution >= 0.6 is 0 Å². The lowest BCUT2D eigenvalue weighted by Crippen LogP contribution is -2.01. The molecule has 172 valence electrons. The molecule has 0 fully saturated rings. The van der Waals surface area contributed by atoms with Crippen molar-refractivity contribution < 1.29 is 9.59 Å². The van der Waals surface area contributed by atoms with Gasteiger partial charge in [-0.05, 0) is 27.6 Å². The van der Waals surface area contributed by atoms with E-state index in [-0.39, 0.29) is 11.6 Å². The normalized spacial score (nSPS) is 10.4. The molecule has 2 heteroatoms. The molecule has 0 saturated carbocycles. The van der Waals surface area contributed by atoms with Crippen LogP contribution in [-0.4, -0.2) is 11.6 Å². The second kappa shape index (κ2) is 10.6. The zero-order chi connectivity index (χ0) is 24.7. The predicted molar refractivity (Wildman–Crippen MR) is 148 cm³/mol. The van der Waals surface area contributed by atoms with Crippen LogP contribution in [0.15, 0.2) is 146 Å². The quantitative estimate of drug-likeness (QED) is 0.247. The number of ketones is 2. The summed E-state index contributed by atoms with van der Waals surface area (Å²) in [5, 5.41) is 4.36. The summed E-state index contributed by atoms with van der Waals surface area (Å²) in [5.41, 5.74) is 2.96. The number of carbonyl (C=O) groups excluding carboxylic acids is 2. The minimum Gasteiger partial charge on any atom is -0.289 e. The fraction of sp³-hybridized carbons (Fsp3) is 0. The third kappa shape index (κ3) is 4.98. The Morgan fingerprint density at radius 1 is 0.361 bits per heavy atom. The Labute approximate surface area is 210 Å². The molecule has 0 atom stereocenters. The topological polar surface area (TPSA) is 34.1 Å². The van der Waals surface area contributed by atoms with Crippen LogP contribution in [0.3, 0.4) is 0 Å². The number of fused-ring (bicyclic) bond motifs is 2. The number of hydrogen-bond donors (Lipinski definition) is 0. The van der Waals surface area contributed by atoms with Crippen LogP contribution in [0.1, 0.15) is 31.8 Å². The second-order valence-electron chi connectivity index (χ2n) is 8.48. The molecule has 0 aliphatic rings. The van der Waals surface area contributed by atoms with Gasteiger partial charge in [0, 0.05) is 22.3 Å². The monoisotopic (exact) mass is 464 g/mol. The molecule has 0 heterocycles. The van der Waals surface area contributed by atoms with E-state index in [4.69, 9.17) is 0 Å². The summed E-state index contributed by atoms with van der Waals surface area (Å²) < 4.78 is 0. The van der Waals surface area contributed by atoms with Gasteiger partial charge in [-0.25, -0.2) is 0 Å². The molecule has 0 radical (unpaired) electrons. The summed E-state index contributed by atoms with van der Waals surface area (Å²) >= 11 is 0. The van der Waals surface area contributed by atoms with Gasteiger partial charge in [0.1, 0.15) is 0 Å². The molecule has 0 saturated heterocycles. The third-order valence-corrected chi connectivity index (χ3v) is 6.12. The third-order valence-electron chi connectivity index (χ3n) is 6.12. The molecule has 2 nitrogen and oxygen atoms in total. The molecular formula is C34H24O2. The number of hydrogen-bond acceptors (Lipinski definition) is 2. The standard InChI is InChI=1S/2C17H12O/c18-17(14-8-2-1-3-9-14)16-12-6-10-13-7-4-5-11-15(13)16;18-17(14-7-2-1-3-8-14)16-11-10-13-6-4-5-9-15(13)12-16/h2*1-12H. The maximum Gasteiger partial charge on any atom is 0.193 e. The molecule has 0 bridgehead atoms. The van der Waals surface area contributed by atoms with E-state index in [0.717, 1.165) is 43.8 Å². The summed E-state index contributed by atoms with van der Waals surface area (Å²) in [5.74, 6) is 0.147. The Kier molecular flexibility index (Phi) is 6.77. The summed E-state index contributed by atoms with van der Waals surface area (Å²) in [4.78, 5) is 24.8. The van der Waals surface area contributed by atoms with Crippen LogP contribution in [0.2, 0.25) is 0 Å². The lowest BCUT2D eigenvalue weighted by atomic mass is 9.97. The average molecular weight is 465 g/mol. The van der Waals surface area contributed by atoms with Crippen molar-refractivity contribution in [1.82, 2.24) is 0 Å². The average Bonchev–Trinajstić information content (AvgIpc) is 2.97. The van der Waals surface area contributed by atoms with E-state index in [9.17, 15) is 9.59 Å². The highest BCUT2D eigenvalue weighted by Gasteiger charge is 2.11. The largest absolute Gasteiger partial charge is 0.289 e. The van der Waals surface area contributed by atoms with Gasteiger partial charge in [0.25, 0.3) is 0 Å². The highest BCUT2D eigenvalue weighted by molar-refractivity contribution is 6.16. The SMILES string of the molecule is O=C(c1ccccc1)c1ccc2ccccc2c1.O=C(c1ccccc1)c1cccc2ccccc12. The Bertz CT molecular complexity index is 1640. The first kappa shape index (κ1) is 22.9. The minimum absolute atomic E-state index is 0.0707. The first-order chi connectivity index (χ1) is 17.7. The van der Waals surface area contributed by atoms with Crippen LogP contribution in [0.25, 0.3) is 21.5 Å². The van der Waals surface area contributed by atoms with Crippen molar-refractivity contribution in [2.24, 2.45) is 0 Å². The van der Waals surface area contributed by atoms with Gasteiger partial charge in [0.2, 0.25) is 0 Å². The molecule has 6 aromatic carbocycles. The van der Waals surface area contributed by atoms with Gasteiger partial charge in [-0.3, -0.25) is 9.59 Å². The van der Waals surface area contributed by atoms with Crippen molar-refractivity contribution in [3.63, 3.8) is 0 Å². The van der Waals surface area contributed by atoms with Crippen LogP contribution in [0.4, 0.5) is 0 Å². The van der Waals surface area contributed by atoms with Crippen LogP contribution in [0, 0.1) is 0 Å². The van der Waals surface area contributed by atoms with Gasteiger partial charge in [-0.2, -0.15) is 0 Å². The van der Waals surface area contributed by atoms with E-state index < -0.39 is 0 Å². The highest BCUT2D eigenvalue weighted by Crippen LogP contribution is 2.21. The van der Waals surface area contributed by atoms with E-state index in [1.54, 1.807) is 0 Å².